The van der Waals surface area contributed by atoms with Gasteiger partial charge in [-0.25, -0.2) is 0 Å². The molecule has 0 saturated carbocycles. The van der Waals surface area contributed by atoms with Crippen molar-refractivity contribution in [3.63, 3.8) is 0 Å². The first-order chi connectivity index (χ1) is 6.74. The molecule has 0 spiro atoms. The molecular formula is C14H20. The van der Waals surface area contributed by atoms with Gasteiger partial charge < -0.3 is 0 Å². The lowest BCUT2D eigenvalue weighted by molar-refractivity contribution is 0.676. The maximum absolute atomic E-state index is 4.20. The van der Waals surface area contributed by atoms with Crippen molar-refractivity contribution in [2.75, 3.05) is 0 Å². The topological polar surface area (TPSA) is 0 Å². The zero-order chi connectivity index (χ0) is 10.1. The van der Waals surface area contributed by atoms with Crippen LogP contribution in [0.1, 0.15) is 52.4 Å². The summed E-state index contributed by atoms with van der Waals surface area (Å²) >= 11 is 0. The largest absolute Gasteiger partial charge is 0.0952 e. The number of allylic oxidation sites excluding steroid dienone is 5. The second kappa shape index (κ2) is 3.76. The first-order valence-electron chi connectivity index (χ1n) is 5.83. The Bertz CT molecular complexity index is 326. The maximum atomic E-state index is 4.20. The molecule has 0 unspecified atom stereocenters. The standard InChI is InChI=1S/C14H20/c1-4-10(2)14-11(3)9-12-7-5-6-8-13(12)14/h2,4-9H2,1,3H3. The zero-order valence-corrected chi connectivity index (χ0v) is 9.45. The van der Waals surface area contributed by atoms with Crippen molar-refractivity contribution in [1.82, 2.24) is 0 Å². The van der Waals surface area contributed by atoms with Crippen LogP contribution in [-0.4, -0.2) is 0 Å². The van der Waals surface area contributed by atoms with E-state index in [1.54, 1.807) is 22.3 Å². The molecule has 0 aliphatic heterocycles. The van der Waals surface area contributed by atoms with Crippen LogP contribution in [-0.2, 0) is 0 Å². The van der Waals surface area contributed by atoms with E-state index in [2.05, 4.69) is 20.4 Å². The summed E-state index contributed by atoms with van der Waals surface area (Å²) < 4.78 is 0. The van der Waals surface area contributed by atoms with Gasteiger partial charge in [-0.2, -0.15) is 0 Å². The Morgan fingerprint density at radius 2 is 2.00 bits per heavy atom. The summed E-state index contributed by atoms with van der Waals surface area (Å²) in [5.41, 5.74) is 7.86. The van der Waals surface area contributed by atoms with Crippen LogP contribution < -0.4 is 0 Å². The summed E-state index contributed by atoms with van der Waals surface area (Å²) in [5, 5.41) is 0. The monoisotopic (exact) mass is 188 g/mol. The van der Waals surface area contributed by atoms with Crippen LogP contribution in [0.2, 0.25) is 0 Å². The Hall–Kier alpha value is -0.780. The Kier molecular flexibility index (Phi) is 2.62. The third kappa shape index (κ3) is 1.47. The average molecular weight is 188 g/mol. The van der Waals surface area contributed by atoms with Crippen LogP contribution in [0, 0.1) is 0 Å². The van der Waals surface area contributed by atoms with Crippen LogP contribution in [0.5, 0.6) is 0 Å². The summed E-state index contributed by atoms with van der Waals surface area (Å²) in [6.45, 7) is 8.70. The first kappa shape index (κ1) is 9.76. The van der Waals surface area contributed by atoms with Gasteiger partial charge in [0, 0.05) is 0 Å². The predicted octanol–water partition coefficient (Wildman–Crippen LogP) is 4.54. The number of hydrogen-bond acceptors (Lipinski definition) is 0. The second-order valence-corrected chi connectivity index (χ2v) is 4.58. The van der Waals surface area contributed by atoms with Gasteiger partial charge in [0.15, 0.2) is 0 Å². The molecule has 0 atom stereocenters. The smallest absolute Gasteiger partial charge is 0.00960 e. The molecule has 2 rings (SSSR count). The predicted molar refractivity (Wildman–Crippen MR) is 62.2 cm³/mol. The molecule has 0 heterocycles. The van der Waals surface area contributed by atoms with Gasteiger partial charge in [-0.1, -0.05) is 24.6 Å². The summed E-state index contributed by atoms with van der Waals surface area (Å²) in [4.78, 5) is 0. The van der Waals surface area contributed by atoms with Crippen LogP contribution in [0.15, 0.2) is 34.4 Å². The molecule has 0 amide bonds. The van der Waals surface area contributed by atoms with E-state index in [9.17, 15) is 0 Å². The molecule has 0 bridgehead atoms. The van der Waals surface area contributed by atoms with Crippen molar-refractivity contribution in [3.05, 3.63) is 34.4 Å². The highest BCUT2D eigenvalue weighted by Gasteiger charge is 2.24. The molecule has 0 radical (unpaired) electrons. The summed E-state index contributed by atoms with van der Waals surface area (Å²) in [6.07, 6.45) is 7.77. The summed E-state index contributed by atoms with van der Waals surface area (Å²) in [5.74, 6) is 0. The van der Waals surface area contributed by atoms with E-state index in [4.69, 9.17) is 0 Å². The Morgan fingerprint density at radius 3 is 2.71 bits per heavy atom. The zero-order valence-electron chi connectivity index (χ0n) is 9.45. The van der Waals surface area contributed by atoms with E-state index < -0.39 is 0 Å². The van der Waals surface area contributed by atoms with Crippen molar-refractivity contribution in [2.45, 2.75) is 52.4 Å². The minimum absolute atomic E-state index is 1.10. The van der Waals surface area contributed by atoms with Gasteiger partial charge in [0.1, 0.15) is 0 Å². The fraction of sp³-hybridized carbons (Fsp3) is 0.571. The molecule has 0 aromatic heterocycles. The van der Waals surface area contributed by atoms with E-state index in [0.29, 0.717) is 0 Å². The van der Waals surface area contributed by atoms with Gasteiger partial charge in [0.05, 0.1) is 0 Å². The Morgan fingerprint density at radius 1 is 1.29 bits per heavy atom. The molecule has 14 heavy (non-hydrogen) atoms. The van der Waals surface area contributed by atoms with E-state index >= 15 is 0 Å². The quantitative estimate of drug-likeness (QED) is 0.596. The molecule has 76 valence electrons. The van der Waals surface area contributed by atoms with Crippen LogP contribution >= 0.6 is 0 Å². The van der Waals surface area contributed by atoms with Gasteiger partial charge >= 0.3 is 0 Å². The normalized spacial score (nSPS) is 21.6. The highest BCUT2D eigenvalue weighted by atomic mass is 14.3. The molecule has 0 fully saturated rings. The molecule has 0 saturated heterocycles. The van der Waals surface area contributed by atoms with E-state index in [1.165, 1.54) is 37.7 Å². The number of hydrogen-bond donors (Lipinski definition) is 0. The van der Waals surface area contributed by atoms with Crippen molar-refractivity contribution in [2.24, 2.45) is 0 Å². The average Bonchev–Trinajstić information content (AvgIpc) is 2.53. The Balaban J connectivity index is 2.33. The van der Waals surface area contributed by atoms with Crippen LogP contribution in [0.4, 0.5) is 0 Å². The molecule has 0 N–H and O–H groups in total. The third-order valence-electron chi connectivity index (χ3n) is 3.57. The van der Waals surface area contributed by atoms with Gasteiger partial charge in [0.2, 0.25) is 0 Å². The fourth-order valence-electron chi connectivity index (χ4n) is 2.82. The molecular weight excluding hydrogens is 168 g/mol. The molecule has 2 aliphatic carbocycles. The maximum Gasteiger partial charge on any atom is -0.00960 e. The molecule has 2 aliphatic rings. The molecule has 0 aromatic carbocycles. The van der Waals surface area contributed by atoms with Crippen LogP contribution in [0.25, 0.3) is 0 Å². The molecule has 0 nitrogen and oxygen atoms in total. The highest BCUT2D eigenvalue weighted by molar-refractivity contribution is 5.56. The third-order valence-corrected chi connectivity index (χ3v) is 3.57. The van der Waals surface area contributed by atoms with Crippen LogP contribution in [0.3, 0.4) is 0 Å². The lowest BCUT2D eigenvalue weighted by Gasteiger charge is -2.17. The van der Waals surface area contributed by atoms with Gasteiger partial charge in [0.25, 0.3) is 0 Å². The van der Waals surface area contributed by atoms with Gasteiger partial charge in [-0.05, 0) is 62.2 Å². The second-order valence-electron chi connectivity index (χ2n) is 4.58. The minimum Gasteiger partial charge on any atom is -0.0952 e. The van der Waals surface area contributed by atoms with Crippen molar-refractivity contribution < 1.29 is 0 Å². The molecule has 0 aromatic rings. The SMILES string of the molecule is C=C(CC)C1=C(C)CC2=C1CCCC2. The van der Waals surface area contributed by atoms with E-state index in [0.717, 1.165) is 6.42 Å². The Labute approximate surface area is 87.4 Å². The van der Waals surface area contributed by atoms with Gasteiger partial charge in [-0.15, -0.1) is 0 Å². The highest BCUT2D eigenvalue weighted by Crippen LogP contribution is 2.43. The lowest BCUT2D eigenvalue weighted by Crippen LogP contribution is -1.98. The summed E-state index contributed by atoms with van der Waals surface area (Å²) in [6, 6.07) is 0. The minimum atomic E-state index is 1.10. The molecule has 0 heteroatoms. The van der Waals surface area contributed by atoms with E-state index in [1.807, 2.05) is 0 Å². The van der Waals surface area contributed by atoms with Crippen molar-refractivity contribution in [1.29, 1.82) is 0 Å². The fourth-order valence-corrected chi connectivity index (χ4v) is 2.82. The lowest BCUT2D eigenvalue weighted by atomic mass is 9.88. The summed E-state index contributed by atoms with van der Waals surface area (Å²) in [7, 11) is 0. The van der Waals surface area contributed by atoms with Crippen molar-refractivity contribution in [3.8, 4) is 0 Å². The van der Waals surface area contributed by atoms with Crippen molar-refractivity contribution >= 4 is 0 Å². The first-order valence-corrected chi connectivity index (χ1v) is 5.83. The number of rotatable bonds is 2. The van der Waals surface area contributed by atoms with Gasteiger partial charge in [-0.3, -0.25) is 0 Å². The van der Waals surface area contributed by atoms with E-state index in [-0.39, 0.29) is 0 Å².